The Hall–Kier alpha value is -1.06. The molecule has 0 radical (unpaired) electrons. The maximum absolute atomic E-state index is 13.0. The molecule has 10 heteroatoms. The van der Waals surface area contributed by atoms with Crippen molar-refractivity contribution in [2.45, 2.75) is 0 Å². The number of anilines is 1. The Balaban J connectivity index is 3.13. The summed E-state index contributed by atoms with van der Waals surface area (Å²) in [6, 6.07) is 1.46. The van der Waals surface area contributed by atoms with Crippen LogP contribution < -0.4 is 4.72 Å². The molecule has 18 heavy (non-hydrogen) atoms. The number of sulfone groups is 1. The highest BCUT2D eigenvalue weighted by molar-refractivity contribution is 8.08. The van der Waals surface area contributed by atoms with Crippen molar-refractivity contribution in [3.63, 3.8) is 0 Å². The summed E-state index contributed by atoms with van der Waals surface area (Å²) in [5, 5.41) is 7.83. The zero-order valence-corrected chi connectivity index (χ0v) is 11.4. The van der Waals surface area contributed by atoms with Gasteiger partial charge >= 0.3 is 0 Å². The predicted octanol–water partition coefficient (Wildman–Crippen LogP) is 0.928. The van der Waals surface area contributed by atoms with Crippen LogP contribution in [-0.4, -0.2) is 33.3 Å². The topological polar surface area (TPSA) is 101 Å². The molecule has 6 nitrogen and oxygen atoms in total. The number of hydrogen-bond acceptors (Lipinski definition) is 5. The van der Waals surface area contributed by atoms with Crippen molar-refractivity contribution < 1.29 is 26.3 Å². The van der Waals surface area contributed by atoms with Crippen molar-refractivity contribution >= 4 is 37.1 Å². The third-order valence-electron chi connectivity index (χ3n) is 1.66. The second kappa shape index (κ2) is 4.90. The summed E-state index contributed by atoms with van der Waals surface area (Å²) in [4.78, 5) is 0. The first-order chi connectivity index (χ1) is 8.00. The van der Waals surface area contributed by atoms with E-state index in [2.05, 4.69) is 0 Å². The molecule has 0 bridgehead atoms. The number of sulfonamides is 1. The van der Waals surface area contributed by atoms with Gasteiger partial charge in [-0.3, -0.25) is 4.72 Å². The van der Waals surface area contributed by atoms with Crippen LogP contribution in [0.15, 0.2) is 12.1 Å². The van der Waals surface area contributed by atoms with Gasteiger partial charge in [0.25, 0.3) is 0 Å². The fourth-order valence-corrected chi connectivity index (χ4v) is 4.31. The van der Waals surface area contributed by atoms with E-state index in [0.29, 0.717) is 6.07 Å². The first-order valence-electron chi connectivity index (χ1n) is 4.36. The van der Waals surface area contributed by atoms with Gasteiger partial charge in [0.2, 0.25) is 10.0 Å². The molecular weight excluding hydrogens is 309 g/mol. The Labute approximate surface area is 108 Å². The molecule has 0 unspecified atom stereocenters. The van der Waals surface area contributed by atoms with Crippen molar-refractivity contribution in [1.82, 2.24) is 0 Å². The fraction of sp³-hybridized carbons (Fsp3) is 0.250. The smallest absolute Gasteiger partial charge is 0.247 e. The molecule has 2 N–H and O–H groups in total. The van der Waals surface area contributed by atoms with Crippen LogP contribution in [0.4, 0.5) is 10.1 Å². The van der Waals surface area contributed by atoms with E-state index in [1.807, 2.05) is 0 Å². The van der Waals surface area contributed by atoms with Crippen LogP contribution in [0.1, 0.15) is 0 Å². The van der Waals surface area contributed by atoms with E-state index < -0.39 is 47.2 Å². The molecule has 0 aliphatic carbocycles. The van der Waals surface area contributed by atoms with Crippen molar-refractivity contribution in [3.8, 4) is 5.75 Å². The third kappa shape index (κ3) is 4.31. The molecule has 0 aliphatic heterocycles. The summed E-state index contributed by atoms with van der Waals surface area (Å²) in [5.41, 5.74) is -0.524. The van der Waals surface area contributed by atoms with Gasteiger partial charge in [0, 0.05) is 12.3 Å². The van der Waals surface area contributed by atoms with Crippen molar-refractivity contribution in [2.24, 2.45) is 0 Å². The number of benzene rings is 1. The molecule has 0 spiro atoms. The van der Waals surface area contributed by atoms with Crippen LogP contribution in [0.25, 0.3) is 0 Å². The van der Waals surface area contributed by atoms with Gasteiger partial charge in [0.1, 0.15) is 5.82 Å². The monoisotopic (exact) mass is 317 g/mol. The number of phenolic OH excluding ortho intramolecular Hbond substituents is 1. The molecule has 1 aromatic rings. The number of aromatic hydroxyl groups is 1. The minimum atomic E-state index is -4.27. The summed E-state index contributed by atoms with van der Waals surface area (Å²) >= 11 is 5.44. The summed E-state index contributed by atoms with van der Waals surface area (Å²) in [6.07, 6.45) is 0.727. The van der Waals surface area contributed by atoms with Crippen molar-refractivity contribution in [3.05, 3.63) is 23.0 Å². The fourth-order valence-electron chi connectivity index (χ4n) is 1.12. The molecule has 0 saturated heterocycles. The minimum absolute atomic E-state index is 0.396. The van der Waals surface area contributed by atoms with Crippen LogP contribution in [0.5, 0.6) is 5.75 Å². The molecule has 0 fully saturated rings. The van der Waals surface area contributed by atoms with Crippen LogP contribution in [0, 0.1) is 5.82 Å². The van der Waals surface area contributed by atoms with E-state index in [-0.39, 0.29) is 0 Å². The Bertz CT molecular complexity index is 671. The van der Waals surface area contributed by atoms with Crippen LogP contribution >= 0.6 is 11.6 Å². The van der Waals surface area contributed by atoms with Gasteiger partial charge in [-0.25, -0.2) is 21.2 Å². The quantitative estimate of drug-likeness (QED) is 0.805. The second-order valence-electron chi connectivity index (χ2n) is 3.54. The lowest BCUT2D eigenvalue weighted by Crippen LogP contribution is -2.22. The van der Waals surface area contributed by atoms with Gasteiger partial charge in [-0.2, -0.15) is 0 Å². The highest BCUT2D eigenvalue weighted by Gasteiger charge is 2.20. The molecule has 102 valence electrons. The summed E-state index contributed by atoms with van der Waals surface area (Å²) in [5.74, 6) is -1.56. The summed E-state index contributed by atoms with van der Waals surface area (Å²) in [6.45, 7) is 0. The number of phenols is 1. The molecular formula is C8H9ClFNO5S2. The lowest BCUT2D eigenvalue weighted by atomic mass is 10.3. The zero-order valence-electron chi connectivity index (χ0n) is 9.01. The Morgan fingerprint density at radius 3 is 2.39 bits per heavy atom. The van der Waals surface area contributed by atoms with Crippen LogP contribution in [-0.2, 0) is 19.9 Å². The molecule has 0 atom stereocenters. The van der Waals surface area contributed by atoms with Crippen molar-refractivity contribution in [2.75, 3.05) is 16.1 Å². The maximum Gasteiger partial charge on any atom is 0.247 e. The van der Waals surface area contributed by atoms with Gasteiger partial charge in [-0.05, 0) is 6.07 Å². The second-order valence-corrected chi connectivity index (χ2v) is 8.18. The van der Waals surface area contributed by atoms with Gasteiger partial charge in [0.05, 0.1) is 10.7 Å². The van der Waals surface area contributed by atoms with E-state index >= 15 is 0 Å². The third-order valence-corrected chi connectivity index (χ3v) is 5.44. The molecule has 0 saturated carbocycles. The Kier molecular flexibility index (Phi) is 4.08. The summed E-state index contributed by atoms with van der Waals surface area (Å²) < 4.78 is 59.3. The maximum atomic E-state index is 13.0. The largest absolute Gasteiger partial charge is 0.504 e. The SMILES string of the molecule is CS(=O)(=O)CS(=O)(=O)Nc1cc(F)cc(Cl)c1O. The van der Waals surface area contributed by atoms with E-state index in [1.54, 1.807) is 4.72 Å². The molecule has 1 aromatic carbocycles. The number of halogens is 2. The average molecular weight is 318 g/mol. The van der Waals surface area contributed by atoms with Crippen molar-refractivity contribution in [1.29, 1.82) is 0 Å². The first kappa shape index (κ1) is 15.0. The highest BCUT2D eigenvalue weighted by atomic mass is 35.5. The Morgan fingerprint density at radius 2 is 1.89 bits per heavy atom. The number of rotatable bonds is 4. The lowest BCUT2D eigenvalue weighted by molar-refractivity contribution is 0.476. The van der Waals surface area contributed by atoms with Crippen LogP contribution in [0.2, 0.25) is 5.02 Å². The lowest BCUT2D eigenvalue weighted by Gasteiger charge is -2.09. The van der Waals surface area contributed by atoms with Crippen LogP contribution in [0.3, 0.4) is 0 Å². The van der Waals surface area contributed by atoms with E-state index in [4.69, 9.17) is 11.6 Å². The minimum Gasteiger partial charge on any atom is -0.504 e. The number of nitrogens with one attached hydrogen (secondary N) is 1. The van der Waals surface area contributed by atoms with E-state index in [1.165, 1.54) is 0 Å². The molecule has 0 amide bonds. The first-order valence-corrected chi connectivity index (χ1v) is 8.45. The molecule has 0 aliphatic rings. The Morgan fingerprint density at radius 1 is 1.33 bits per heavy atom. The normalized spacial score (nSPS) is 12.4. The summed E-state index contributed by atoms with van der Waals surface area (Å²) in [7, 11) is -8.07. The number of hydrogen-bond donors (Lipinski definition) is 2. The highest BCUT2D eigenvalue weighted by Crippen LogP contribution is 2.33. The van der Waals surface area contributed by atoms with Gasteiger partial charge in [0.15, 0.2) is 20.7 Å². The zero-order chi connectivity index (χ0) is 14.1. The van der Waals surface area contributed by atoms with E-state index in [0.717, 1.165) is 12.3 Å². The molecule has 0 heterocycles. The van der Waals surface area contributed by atoms with Gasteiger partial charge in [-0.15, -0.1) is 0 Å². The van der Waals surface area contributed by atoms with Gasteiger partial charge < -0.3 is 5.11 Å². The van der Waals surface area contributed by atoms with Gasteiger partial charge in [-0.1, -0.05) is 11.6 Å². The molecule has 0 aromatic heterocycles. The predicted molar refractivity (Wildman–Crippen MR) is 65.3 cm³/mol. The molecule has 1 rings (SSSR count). The van der Waals surface area contributed by atoms with E-state index in [9.17, 15) is 26.3 Å². The average Bonchev–Trinajstić information content (AvgIpc) is 2.08. The standard InChI is InChI=1S/C8H9ClFNO5S2/c1-17(13,14)4-18(15,16)11-7-3-5(10)2-6(9)8(7)12/h2-3,11-12H,4H2,1H3.